The van der Waals surface area contributed by atoms with Gasteiger partial charge >= 0.3 is 6.09 Å². The predicted molar refractivity (Wildman–Crippen MR) is 242 cm³/mol. The average molecular weight is 828 g/mol. The first-order valence-corrected chi connectivity index (χ1v) is 21.8. The summed E-state index contributed by atoms with van der Waals surface area (Å²) in [5.74, 6) is 0.941. The van der Waals surface area contributed by atoms with Crippen molar-refractivity contribution in [3.8, 4) is 39.5 Å². The molecular weight excluding hydrogens is 775 g/mol. The third-order valence-electron chi connectivity index (χ3n) is 11.8. The van der Waals surface area contributed by atoms with Gasteiger partial charge in [-0.1, -0.05) is 154 Å². The van der Waals surface area contributed by atoms with Crippen molar-refractivity contribution in [2.75, 3.05) is 13.2 Å². The number of rotatable bonds is 17. The van der Waals surface area contributed by atoms with Crippen molar-refractivity contribution in [1.82, 2.24) is 16.0 Å². The summed E-state index contributed by atoms with van der Waals surface area (Å²) in [4.78, 5) is 42.9. The molecule has 0 saturated carbocycles. The van der Waals surface area contributed by atoms with E-state index in [4.69, 9.17) is 14.2 Å². The number of carbonyl (C=O) groups is 3. The third kappa shape index (κ3) is 9.52. The average Bonchev–Trinajstić information content (AvgIpc) is 3.62. The van der Waals surface area contributed by atoms with Gasteiger partial charge in [-0.25, -0.2) is 4.79 Å². The lowest BCUT2D eigenvalue weighted by Crippen LogP contribution is -2.55. The Labute approximate surface area is 363 Å². The molecule has 6 aromatic rings. The second-order valence-corrected chi connectivity index (χ2v) is 15.9. The van der Waals surface area contributed by atoms with Gasteiger partial charge < -0.3 is 30.2 Å². The Morgan fingerprint density at radius 1 is 0.613 bits per heavy atom. The number of fused-ring (bicyclic) bond motifs is 5. The van der Waals surface area contributed by atoms with Crippen molar-refractivity contribution in [2.45, 2.75) is 76.4 Å². The standard InChI is InChI=1S/C53H53N3O6/c1-3-5-6-10-24-46(51(57)56-50-43-23-15-16-25-48(43)62-49-33-38(60-4-2)30-31-44(49)50)54-52(58)47(32-35-26-28-37(29-27-35)36-17-8-7-9-18-36)55-53(59)61-34-45-41-21-13-11-19-39(41)40-20-12-14-22-42(40)45/h7-9,11-23,25-31,33,45-47,50H,3-6,10,24,32,34H2,1-2H3,(H,54,58)(H,55,59)(H,56,57)/t46-,47-,50?/m0/s1. The number of carbonyl (C=O) groups excluding carboxylic acids is 3. The highest BCUT2D eigenvalue weighted by Crippen LogP contribution is 2.45. The Bertz CT molecular complexity index is 2460. The number of nitrogens with one attached hydrogen (secondary N) is 3. The molecule has 62 heavy (non-hydrogen) atoms. The van der Waals surface area contributed by atoms with Crippen LogP contribution in [0.2, 0.25) is 0 Å². The van der Waals surface area contributed by atoms with E-state index >= 15 is 0 Å². The molecule has 3 amide bonds. The van der Waals surface area contributed by atoms with Crippen LogP contribution in [0.25, 0.3) is 22.3 Å². The number of amides is 3. The van der Waals surface area contributed by atoms with Gasteiger partial charge in [-0.05, 0) is 70.5 Å². The van der Waals surface area contributed by atoms with Gasteiger partial charge in [-0.15, -0.1) is 0 Å². The minimum atomic E-state index is -1.04. The maximum atomic E-state index is 14.6. The van der Waals surface area contributed by atoms with E-state index in [-0.39, 0.29) is 24.9 Å². The van der Waals surface area contributed by atoms with Gasteiger partial charge in [-0.2, -0.15) is 0 Å². The fraction of sp³-hybridized carbons (Fsp3) is 0.264. The van der Waals surface area contributed by atoms with E-state index in [0.717, 1.165) is 75.8 Å². The van der Waals surface area contributed by atoms with E-state index in [1.165, 1.54) is 0 Å². The highest BCUT2D eigenvalue weighted by molar-refractivity contribution is 5.92. The zero-order valence-corrected chi connectivity index (χ0v) is 35.3. The molecule has 3 atom stereocenters. The predicted octanol–water partition coefficient (Wildman–Crippen LogP) is 10.7. The van der Waals surface area contributed by atoms with Gasteiger partial charge in [0.1, 0.15) is 35.9 Å². The van der Waals surface area contributed by atoms with E-state index in [1.54, 1.807) is 0 Å². The SMILES string of the molecule is CCCCCC[C@H](NC(=O)[C@H](Cc1ccc(-c2ccccc2)cc1)NC(=O)OCC1c2ccccc2-c2ccccc21)C(=O)NC1c2ccccc2Oc2cc(OCC)ccc21. The van der Waals surface area contributed by atoms with Crippen molar-refractivity contribution in [1.29, 1.82) is 0 Å². The van der Waals surface area contributed by atoms with Gasteiger partial charge in [-0.3, -0.25) is 9.59 Å². The molecule has 0 aromatic heterocycles. The highest BCUT2D eigenvalue weighted by atomic mass is 16.5. The van der Waals surface area contributed by atoms with Crippen LogP contribution in [0, 0.1) is 0 Å². The van der Waals surface area contributed by atoms with Gasteiger partial charge in [0, 0.05) is 29.5 Å². The largest absolute Gasteiger partial charge is 0.494 e. The summed E-state index contributed by atoms with van der Waals surface area (Å²) in [5, 5.41) is 9.23. The fourth-order valence-electron chi connectivity index (χ4n) is 8.60. The molecular formula is C53H53N3O6. The molecule has 2 aliphatic rings. The second kappa shape index (κ2) is 19.7. The van der Waals surface area contributed by atoms with Crippen LogP contribution in [0.5, 0.6) is 17.2 Å². The molecule has 1 unspecified atom stereocenters. The number of ether oxygens (including phenoxy) is 3. The summed E-state index contributed by atoms with van der Waals surface area (Å²) in [7, 11) is 0. The lowest BCUT2D eigenvalue weighted by molar-refractivity contribution is -0.130. The van der Waals surface area contributed by atoms with Crippen LogP contribution in [0.15, 0.2) is 146 Å². The van der Waals surface area contributed by atoms with Crippen molar-refractivity contribution in [2.24, 2.45) is 0 Å². The quantitative estimate of drug-likeness (QED) is 0.0789. The van der Waals surface area contributed by atoms with Crippen LogP contribution in [0.4, 0.5) is 4.79 Å². The number of hydrogen-bond donors (Lipinski definition) is 3. The summed E-state index contributed by atoms with van der Waals surface area (Å²) < 4.78 is 18.0. The van der Waals surface area contributed by atoms with Crippen LogP contribution in [-0.4, -0.2) is 43.2 Å². The normalized spacial score (nSPS) is 14.5. The molecule has 0 radical (unpaired) electrons. The first kappa shape index (κ1) is 41.8. The van der Waals surface area contributed by atoms with Gasteiger partial charge in [0.15, 0.2) is 0 Å². The molecule has 0 spiro atoms. The van der Waals surface area contributed by atoms with Crippen LogP contribution >= 0.6 is 0 Å². The van der Waals surface area contributed by atoms with E-state index in [2.05, 4.69) is 47.1 Å². The zero-order chi connectivity index (χ0) is 42.8. The summed E-state index contributed by atoms with van der Waals surface area (Å²) in [6, 6.07) is 45.1. The van der Waals surface area contributed by atoms with Gasteiger partial charge in [0.05, 0.1) is 12.6 Å². The molecule has 3 N–H and O–H groups in total. The Morgan fingerprint density at radius 2 is 1.26 bits per heavy atom. The minimum Gasteiger partial charge on any atom is -0.494 e. The minimum absolute atomic E-state index is 0.0997. The molecule has 9 heteroatoms. The monoisotopic (exact) mass is 827 g/mol. The molecule has 1 heterocycles. The van der Waals surface area contributed by atoms with Gasteiger partial charge in [0.2, 0.25) is 11.8 Å². The van der Waals surface area contributed by atoms with Crippen LogP contribution in [0.3, 0.4) is 0 Å². The molecule has 9 nitrogen and oxygen atoms in total. The fourth-order valence-corrected chi connectivity index (χ4v) is 8.60. The van der Waals surface area contributed by atoms with E-state index < -0.39 is 30.1 Å². The topological polar surface area (TPSA) is 115 Å². The number of benzene rings is 6. The Morgan fingerprint density at radius 3 is 1.97 bits per heavy atom. The lowest BCUT2D eigenvalue weighted by Gasteiger charge is -2.31. The first-order chi connectivity index (χ1) is 30.4. The zero-order valence-electron chi connectivity index (χ0n) is 35.3. The Kier molecular flexibility index (Phi) is 13.3. The molecule has 8 rings (SSSR count). The van der Waals surface area contributed by atoms with Crippen LogP contribution in [-0.2, 0) is 20.7 Å². The number of hydrogen-bond acceptors (Lipinski definition) is 6. The molecule has 1 aliphatic heterocycles. The summed E-state index contributed by atoms with van der Waals surface area (Å²) in [5.41, 5.74) is 8.98. The van der Waals surface area contributed by atoms with E-state index in [0.29, 0.717) is 30.3 Å². The van der Waals surface area contributed by atoms with Crippen LogP contribution in [0.1, 0.15) is 85.7 Å². The maximum Gasteiger partial charge on any atom is 0.407 e. The van der Waals surface area contributed by atoms with Crippen molar-refractivity contribution >= 4 is 17.9 Å². The molecule has 0 fully saturated rings. The lowest BCUT2D eigenvalue weighted by atomic mass is 9.93. The summed E-state index contributed by atoms with van der Waals surface area (Å²) in [6.45, 7) is 4.66. The summed E-state index contributed by atoms with van der Waals surface area (Å²) >= 11 is 0. The van der Waals surface area contributed by atoms with Crippen molar-refractivity contribution < 1.29 is 28.6 Å². The Hall–Kier alpha value is -6.87. The van der Waals surface area contributed by atoms with E-state index in [9.17, 15) is 14.4 Å². The van der Waals surface area contributed by atoms with Crippen LogP contribution < -0.4 is 25.4 Å². The number of alkyl carbamates (subject to hydrolysis) is 1. The maximum absolute atomic E-state index is 14.6. The highest BCUT2D eigenvalue weighted by Gasteiger charge is 2.34. The molecule has 6 aromatic carbocycles. The first-order valence-electron chi connectivity index (χ1n) is 21.8. The number of unbranched alkanes of at least 4 members (excludes halogenated alkanes) is 3. The smallest absolute Gasteiger partial charge is 0.407 e. The van der Waals surface area contributed by atoms with Crippen molar-refractivity contribution in [3.05, 3.63) is 173 Å². The number of para-hydroxylation sites is 1. The Balaban J connectivity index is 1.03. The van der Waals surface area contributed by atoms with Crippen molar-refractivity contribution in [3.63, 3.8) is 0 Å². The van der Waals surface area contributed by atoms with E-state index in [1.807, 2.05) is 128 Å². The van der Waals surface area contributed by atoms with Gasteiger partial charge in [0.25, 0.3) is 0 Å². The second-order valence-electron chi connectivity index (χ2n) is 15.9. The molecule has 1 aliphatic carbocycles. The molecule has 0 saturated heterocycles. The summed E-state index contributed by atoms with van der Waals surface area (Å²) in [6.07, 6.45) is 3.57. The third-order valence-corrected chi connectivity index (χ3v) is 11.8. The molecule has 316 valence electrons. The molecule has 0 bridgehead atoms.